The zero-order valence-corrected chi connectivity index (χ0v) is 18.8. The molecule has 0 aliphatic carbocycles. The van der Waals surface area contributed by atoms with Crippen LogP contribution in [0.3, 0.4) is 0 Å². The van der Waals surface area contributed by atoms with Crippen molar-refractivity contribution in [1.29, 1.82) is 0 Å². The van der Waals surface area contributed by atoms with E-state index in [2.05, 4.69) is 4.98 Å². The molecule has 9 heteroatoms. The Labute approximate surface area is 195 Å². The standard InChI is InChI=1S/C23H22Cl2FN3O3/c24-19-3-1-2-17(22(19)25)13-28(12-16-4-6-18(26)7-5-16)14-21-27-20(15-32-21)23(30)29-8-10-31-11-9-29/h1-7,15H,8-14H2. The van der Waals surface area contributed by atoms with Crippen LogP contribution in [-0.2, 0) is 24.4 Å². The van der Waals surface area contributed by atoms with Crippen LogP contribution >= 0.6 is 23.2 Å². The number of carbonyl (C=O) groups excluding carboxylic acids is 1. The highest BCUT2D eigenvalue weighted by Crippen LogP contribution is 2.27. The van der Waals surface area contributed by atoms with Crippen LogP contribution in [0.2, 0.25) is 10.0 Å². The molecule has 4 rings (SSSR count). The van der Waals surface area contributed by atoms with Crippen molar-refractivity contribution in [2.24, 2.45) is 0 Å². The molecule has 2 aromatic carbocycles. The molecule has 1 fully saturated rings. The van der Waals surface area contributed by atoms with Crippen molar-refractivity contribution in [3.05, 3.63) is 87.3 Å². The van der Waals surface area contributed by atoms with Gasteiger partial charge in [0, 0.05) is 26.2 Å². The second-order valence-corrected chi connectivity index (χ2v) is 8.30. The molecule has 6 nitrogen and oxygen atoms in total. The fraction of sp³-hybridized carbons (Fsp3) is 0.304. The summed E-state index contributed by atoms with van der Waals surface area (Å²) >= 11 is 12.6. The topological polar surface area (TPSA) is 58.8 Å². The molecule has 0 bridgehead atoms. The minimum absolute atomic E-state index is 0.175. The number of aromatic nitrogens is 1. The number of benzene rings is 2. The average Bonchev–Trinajstić information content (AvgIpc) is 3.27. The minimum Gasteiger partial charge on any atom is -0.447 e. The van der Waals surface area contributed by atoms with Crippen molar-refractivity contribution >= 4 is 29.1 Å². The zero-order chi connectivity index (χ0) is 22.5. The normalized spacial score (nSPS) is 14.2. The highest BCUT2D eigenvalue weighted by Gasteiger charge is 2.22. The highest BCUT2D eigenvalue weighted by molar-refractivity contribution is 6.42. The largest absolute Gasteiger partial charge is 0.447 e. The van der Waals surface area contributed by atoms with Crippen molar-refractivity contribution < 1.29 is 18.3 Å². The van der Waals surface area contributed by atoms with Gasteiger partial charge in [-0.1, -0.05) is 47.5 Å². The first-order valence-corrected chi connectivity index (χ1v) is 11.0. The lowest BCUT2D eigenvalue weighted by molar-refractivity contribution is 0.0299. The fourth-order valence-corrected chi connectivity index (χ4v) is 3.91. The maximum absolute atomic E-state index is 13.3. The Kier molecular flexibility index (Phi) is 7.42. The van der Waals surface area contributed by atoms with E-state index in [1.807, 2.05) is 17.0 Å². The first kappa shape index (κ1) is 22.7. The molecule has 0 radical (unpaired) electrons. The number of halogens is 3. The van der Waals surface area contributed by atoms with Crippen LogP contribution in [0.5, 0.6) is 0 Å². The monoisotopic (exact) mass is 477 g/mol. The van der Waals surface area contributed by atoms with Crippen molar-refractivity contribution in [2.45, 2.75) is 19.6 Å². The Morgan fingerprint density at radius 3 is 2.56 bits per heavy atom. The summed E-state index contributed by atoms with van der Waals surface area (Å²) in [4.78, 5) is 20.8. The summed E-state index contributed by atoms with van der Waals surface area (Å²) in [7, 11) is 0. The van der Waals surface area contributed by atoms with E-state index in [9.17, 15) is 9.18 Å². The van der Waals surface area contributed by atoms with Gasteiger partial charge in [-0.05, 0) is 29.3 Å². The third kappa shape index (κ3) is 5.66. The molecule has 0 saturated carbocycles. The van der Waals surface area contributed by atoms with E-state index in [1.54, 1.807) is 23.1 Å². The SMILES string of the molecule is O=C(c1coc(CN(Cc2ccc(F)cc2)Cc2cccc(Cl)c2Cl)n1)N1CCOCC1. The molecule has 0 unspecified atom stereocenters. The van der Waals surface area contributed by atoms with Gasteiger partial charge in [-0.2, -0.15) is 0 Å². The van der Waals surface area contributed by atoms with Gasteiger partial charge in [0.2, 0.25) is 5.89 Å². The third-order valence-electron chi connectivity index (χ3n) is 5.17. The van der Waals surface area contributed by atoms with Gasteiger partial charge >= 0.3 is 0 Å². The summed E-state index contributed by atoms with van der Waals surface area (Å²) < 4.78 is 24.2. The lowest BCUT2D eigenvalue weighted by Crippen LogP contribution is -2.40. The third-order valence-corrected chi connectivity index (χ3v) is 6.03. The van der Waals surface area contributed by atoms with Crippen LogP contribution in [0.25, 0.3) is 0 Å². The van der Waals surface area contributed by atoms with Crippen LogP contribution in [0.4, 0.5) is 4.39 Å². The Hall–Kier alpha value is -2.45. The van der Waals surface area contributed by atoms with Gasteiger partial charge in [0.15, 0.2) is 5.69 Å². The quantitative estimate of drug-likeness (QED) is 0.489. The molecule has 0 N–H and O–H groups in total. The van der Waals surface area contributed by atoms with E-state index < -0.39 is 0 Å². The van der Waals surface area contributed by atoms with Gasteiger partial charge in [-0.25, -0.2) is 9.37 Å². The van der Waals surface area contributed by atoms with Crippen molar-refractivity contribution in [2.75, 3.05) is 26.3 Å². The summed E-state index contributed by atoms with van der Waals surface area (Å²) in [5, 5.41) is 0.953. The van der Waals surface area contributed by atoms with E-state index in [-0.39, 0.29) is 17.4 Å². The maximum atomic E-state index is 13.3. The molecular formula is C23H22Cl2FN3O3. The number of oxazole rings is 1. The summed E-state index contributed by atoms with van der Waals surface area (Å²) in [5.41, 5.74) is 2.03. The van der Waals surface area contributed by atoms with E-state index in [0.29, 0.717) is 61.9 Å². The van der Waals surface area contributed by atoms with E-state index >= 15 is 0 Å². The number of hydrogen-bond donors (Lipinski definition) is 0. The Morgan fingerprint density at radius 1 is 1.06 bits per heavy atom. The Balaban J connectivity index is 1.52. The van der Waals surface area contributed by atoms with Crippen LogP contribution in [0, 0.1) is 5.82 Å². The van der Waals surface area contributed by atoms with Crippen molar-refractivity contribution in [3.63, 3.8) is 0 Å². The first-order chi connectivity index (χ1) is 15.5. The Bertz CT molecular complexity index is 1070. The highest BCUT2D eigenvalue weighted by atomic mass is 35.5. The molecule has 168 valence electrons. The van der Waals surface area contributed by atoms with E-state index in [4.69, 9.17) is 32.4 Å². The predicted molar refractivity (Wildman–Crippen MR) is 119 cm³/mol. The number of ether oxygens (including phenoxy) is 1. The summed E-state index contributed by atoms with van der Waals surface area (Å²) in [6.45, 7) is 3.39. The second kappa shape index (κ2) is 10.4. The number of morpholine rings is 1. The van der Waals surface area contributed by atoms with Crippen LogP contribution in [0.1, 0.15) is 27.5 Å². The number of carbonyl (C=O) groups is 1. The van der Waals surface area contributed by atoms with Gasteiger partial charge in [-0.3, -0.25) is 9.69 Å². The van der Waals surface area contributed by atoms with Crippen LogP contribution in [-0.4, -0.2) is 47.0 Å². The number of nitrogens with zero attached hydrogens (tertiary/aromatic N) is 3. The lowest BCUT2D eigenvalue weighted by atomic mass is 10.1. The summed E-state index contributed by atoms with van der Waals surface area (Å²) in [5.74, 6) is -0.0645. The maximum Gasteiger partial charge on any atom is 0.275 e. The zero-order valence-electron chi connectivity index (χ0n) is 17.3. The van der Waals surface area contributed by atoms with Crippen molar-refractivity contribution in [1.82, 2.24) is 14.8 Å². The van der Waals surface area contributed by atoms with Gasteiger partial charge in [0.05, 0.1) is 29.8 Å². The number of hydrogen-bond acceptors (Lipinski definition) is 5. The lowest BCUT2D eigenvalue weighted by Gasteiger charge is -2.25. The van der Waals surface area contributed by atoms with E-state index in [1.165, 1.54) is 18.4 Å². The predicted octanol–water partition coefficient (Wildman–Crippen LogP) is 4.80. The average molecular weight is 478 g/mol. The molecule has 0 spiro atoms. The first-order valence-electron chi connectivity index (χ1n) is 10.2. The molecule has 1 aliphatic rings. The van der Waals surface area contributed by atoms with Gasteiger partial charge in [-0.15, -0.1) is 0 Å². The molecule has 0 atom stereocenters. The summed E-state index contributed by atoms with van der Waals surface area (Å²) in [6.07, 6.45) is 1.38. The summed E-state index contributed by atoms with van der Waals surface area (Å²) in [6, 6.07) is 11.8. The fourth-order valence-electron chi connectivity index (χ4n) is 3.53. The molecule has 2 heterocycles. The molecule has 32 heavy (non-hydrogen) atoms. The van der Waals surface area contributed by atoms with Crippen LogP contribution < -0.4 is 0 Å². The molecule has 1 aromatic heterocycles. The number of amides is 1. The molecule has 1 aliphatic heterocycles. The van der Waals surface area contributed by atoms with Gasteiger partial charge in [0.1, 0.15) is 12.1 Å². The second-order valence-electron chi connectivity index (χ2n) is 7.52. The minimum atomic E-state index is -0.294. The number of rotatable bonds is 7. The van der Waals surface area contributed by atoms with Crippen molar-refractivity contribution in [3.8, 4) is 0 Å². The van der Waals surface area contributed by atoms with Gasteiger partial charge in [0.25, 0.3) is 5.91 Å². The molecule has 1 saturated heterocycles. The van der Waals surface area contributed by atoms with Gasteiger partial charge < -0.3 is 14.1 Å². The van der Waals surface area contributed by atoms with E-state index in [0.717, 1.165) is 11.1 Å². The Morgan fingerprint density at radius 2 is 1.81 bits per heavy atom. The van der Waals surface area contributed by atoms with Crippen LogP contribution in [0.15, 0.2) is 53.1 Å². The molecule has 1 amide bonds. The molecule has 3 aromatic rings. The smallest absolute Gasteiger partial charge is 0.275 e. The molecular weight excluding hydrogens is 456 g/mol.